The first kappa shape index (κ1) is 13.6. The van der Waals surface area contributed by atoms with Crippen molar-refractivity contribution in [3.8, 4) is 5.75 Å². The minimum atomic E-state index is -0.226. The summed E-state index contributed by atoms with van der Waals surface area (Å²) < 4.78 is 11.4. The molecule has 2 rings (SSSR count). The summed E-state index contributed by atoms with van der Waals surface area (Å²) in [7, 11) is 3.30. The van der Waals surface area contributed by atoms with Crippen LogP contribution < -0.4 is 4.74 Å². The second-order valence-electron chi connectivity index (χ2n) is 4.69. The summed E-state index contributed by atoms with van der Waals surface area (Å²) in [5.41, 5.74) is 0.468. The lowest BCUT2D eigenvalue weighted by molar-refractivity contribution is -0.0704. The van der Waals surface area contributed by atoms with E-state index < -0.39 is 0 Å². The summed E-state index contributed by atoms with van der Waals surface area (Å²) >= 11 is 3.42. The Hall–Kier alpha value is -0.870. The minimum absolute atomic E-state index is 0.117. The molecule has 0 N–H and O–H groups in total. The molecule has 0 amide bonds. The van der Waals surface area contributed by atoms with E-state index in [1.54, 1.807) is 26.4 Å². The zero-order valence-corrected chi connectivity index (χ0v) is 12.2. The Balaban J connectivity index is 2.14. The zero-order valence-electron chi connectivity index (χ0n) is 10.7. The third kappa shape index (κ3) is 2.59. The Morgan fingerprint density at radius 2 is 2.11 bits per heavy atom. The smallest absolute Gasteiger partial charge is 0.166 e. The van der Waals surface area contributed by atoms with Crippen LogP contribution in [-0.2, 0) is 4.74 Å². The van der Waals surface area contributed by atoms with Gasteiger partial charge in [-0.2, -0.15) is 0 Å². The number of rotatable bonds is 5. The van der Waals surface area contributed by atoms with Gasteiger partial charge in [0.1, 0.15) is 5.75 Å². The molecule has 0 aliphatic heterocycles. The Morgan fingerprint density at radius 1 is 1.39 bits per heavy atom. The standard InChI is InChI=1S/C14H17BrO3/c1-17-10-4-5-11(12(15)8-10)13(16)9-14(18-2)6-3-7-14/h4-5,8H,3,6-7,9H2,1-2H3. The monoisotopic (exact) mass is 312 g/mol. The van der Waals surface area contributed by atoms with Crippen LogP contribution in [0.1, 0.15) is 36.0 Å². The maximum Gasteiger partial charge on any atom is 0.166 e. The molecule has 0 bridgehead atoms. The van der Waals surface area contributed by atoms with E-state index in [-0.39, 0.29) is 11.4 Å². The van der Waals surface area contributed by atoms with Gasteiger partial charge in [-0.25, -0.2) is 0 Å². The summed E-state index contributed by atoms with van der Waals surface area (Å²) in [6, 6.07) is 5.42. The van der Waals surface area contributed by atoms with Gasteiger partial charge in [-0.05, 0) is 53.4 Å². The molecule has 1 aliphatic rings. The van der Waals surface area contributed by atoms with Crippen molar-refractivity contribution in [1.82, 2.24) is 0 Å². The molecule has 1 saturated carbocycles. The molecule has 0 atom stereocenters. The number of hydrogen-bond acceptors (Lipinski definition) is 3. The molecule has 0 radical (unpaired) electrons. The summed E-state index contributed by atoms with van der Waals surface area (Å²) in [5.74, 6) is 0.856. The molecule has 1 fully saturated rings. The highest BCUT2D eigenvalue weighted by atomic mass is 79.9. The first-order valence-corrected chi connectivity index (χ1v) is 6.81. The van der Waals surface area contributed by atoms with Gasteiger partial charge < -0.3 is 9.47 Å². The van der Waals surface area contributed by atoms with Crippen molar-refractivity contribution in [3.05, 3.63) is 28.2 Å². The summed E-state index contributed by atoms with van der Waals surface area (Å²) in [5, 5.41) is 0. The predicted molar refractivity (Wildman–Crippen MR) is 73.2 cm³/mol. The van der Waals surface area contributed by atoms with Crippen LogP contribution in [0.25, 0.3) is 0 Å². The van der Waals surface area contributed by atoms with Crippen LogP contribution in [0.2, 0.25) is 0 Å². The van der Waals surface area contributed by atoms with Crippen molar-refractivity contribution in [2.75, 3.05) is 14.2 Å². The Kier molecular flexibility index (Phi) is 4.07. The number of carbonyl (C=O) groups is 1. The predicted octanol–water partition coefficient (Wildman–Crippen LogP) is 3.60. The number of benzene rings is 1. The van der Waals surface area contributed by atoms with Gasteiger partial charge in [-0.3, -0.25) is 4.79 Å². The van der Waals surface area contributed by atoms with E-state index in [0.29, 0.717) is 12.0 Å². The molecule has 4 heteroatoms. The van der Waals surface area contributed by atoms with Gasteiger partial charge in [0.25, 0.3) is 0 Å². The second kappa shape index (κ2) is 5.41. The molecule has 0 unspecified atom stereocenters. The molecule has 1 aromatic carbocycles. The average molecular weight is 313 g/mol. The van der Waals surface area contributed by atoms with E-state index >= 15 is 0 Å². The fourth-order valence-corrected chi connectivity index (χ4v) is 2.84. The third-order valence-electron chi connectivity index (χ3n) is 3.66. The summed E-state index contributed by atoms with van der Waals surface area (Å²) in [6.07, 6.45) is 3.55. The van der Waals surface area contributed by atoms with Gasteiger partial charge in [0.15, 0.2) is 5.78 Å². The van der Waals surface area contributed by atoms with Crippen molar-refractivity contribution in [2.45, 2.75) is 31.3 Å². The van der Waals surface area contributed by atoms with Crippen LogP contribution in [0.4, 0.5) is 0 Å². The van der Waals surface area contributed by atoms with Gasteiger partial charge >= 0.3 is 0 Å². The van der Waals surface area contributed by atoms with Crippen molar-refractivity contribution >= 4 is 21.7 Å². The number of ketones is 1. The molecule has 0 aromatic heterocycles. The van der Waals surface area contributed by atoms with Crippen molar-refractivity contribution < 1.29 is 14.3 Å². The molecule has 1 aromatic rings. The van der Waals surface area contributed by atoms with Crippen molar-refractivity contribution in [1.29, 1.82) is 0 Å². The number of ether oxygens (including phenoxy) is 2. The molecule has 98 valence electrons. The lowest BCUT2D eigenvalue weighted by Gasteiger charge is -2.40. The Labute approximate surface area is 116 Å². The van der Waals surface area contributed by atoms with Gasteiger partial charge in [-0.15, -0.1) is 0 Å². The third-order valence-corrected chi connectivity index (χ3v) is 4.31. The van der Waals surface area contributed by atoms with E-state index in [2.05, 4.69) is 15.9 Å². The molecular weight excluding hydrogens is 296 g/mol. The summed E-state index contributed by atoms with van der Waals surface area (Å²) in [4.78, 5) is 12.3. The van der Waals surface area contributed by atoms with Gasteiger partial charge in [0.2, 0.25) is 0 Å². The quantitative estimate of drug-likeness (QED) is 0.779. The van der Waals surface area contributed by atoms with Crippen LogP contribution in [-0.4, -0.2) is 25.6 Å². The first-order chi connectivity index (χ1) is 8.60. The van der Waals surface area contributed by atoms with Crippen LogP contribution in [0.15, 0.2) is 22.7 Å². The molecular formula is C14H17BrO3. The molecule has 1 aliphatic carbocycles. The van der Waals surface area contributed by atoms with Crippen LogP contribution in [0.5, 0.6) is 5.75 Å². The molecule has 3 nitrogen and oxygen atoms in total. The number of carbonyl (C=O) groups excluding carboxylic acids is 1. The maximum absolute atomic E-state index is 12.3. The van der Waals surface area contributed by atoms with E-state index in [9.17, 15) is 4.79 Å². The molecule has 18 heavy (non-hydrogen) atoms. The number of halogens is 1. The van der Waals surface area contributed by atoms with E-state index in [1.807, 2.05) is 6.07 Å². The Morgan fingerprint density at radius 3 is 2.56 bits per heavy atom. The molecule has 0 saturated heterocycles. The van der Waals surface area contributed by atoms with Crippen LogP contribution in [0.3, 0.4) is 0 Å². The lowest BCUT2D eigenvalue weighted by Crippen LogP contribution is -2.41. The second-order valence-corrected chi connectivity index (χ2v) is 5.54. The highest BCUT2D eigenvalue weighted by Crippen LogP contribution is 2.39. The van der Waals surface area contributed by atoms with Crippen LogP contribution in [0, 0.1) is 0 Å². The Bertz CT molecular complexity index is 447. The van der Waals surface area contributed by atoms with E-state index in [4.69, 9.17) is 9.47 Å². The number of hydrogen-bond donors (Lipinski definition) is 0. The topological polar surface area (TPSA) is 35.5 Å². The first-order valence-electron chi connectivity index (χ1n) is 6.02. The molecule has 0 spiro atoms. The SMILES string of the molecule is COc1ccc(C(=O)CC2(OC)CCC2)c(Br)c1. The normalized spacial score (nSPS) is 17.1. The lowest BCUT2D eigenvalue weighted by atomic mass is 9.76. The summed E-state index contributed by atoms with van der Waals surface area (Å²) in [6.45, 7) is 0. The number of methoxy groups -OCH3 is 2. The van der Waals surface area contributed by atoms with Gasteiger partial charge in [0, 0.05) is 23.6 Å². The largest absolute Gasteiger partial charge is 0.497 e. The fourth-order valence-electron chi connectivity index (χ4n) is 2.26. The highest BCUT2D eigenvalue weighted by Gasteiger charge is 2.39. The zero-order chi connectivity index (χ0) is 13.2. The van der Waals surface area contributed by atoms with Gasteiger partial charge in [-0.1, -0.05) is 0 Å². The fraction of sp³-hybridized carbons (Fsp3) is 0.500. The van der Waals surface area contributed by atoms with Crippen molar-refractivity contribution in [3.63, 3.8) is 0 Å². The van der Waals surface area contributed by atoms with E-state index in [0.717, 1.165) is 29.5 Å². The van der Waals surface area contributed by atoms with E-state index in [1.165, 1.54) is 0 Å². The maximum atomic E-state index is 12.3. The van der Waals surface area contributed by atoms with Crippen molar-refractivity contribution in [2.24, 2.45) is 0 Å². The minimum Gasteiger partial charge on any atom is -0.497 e. The van der Waals surface area contributed by atoms with Gasteiger partial charge in [0.05, 0.1) is 12.7 Å². The average Bonchev–Trinajstić information content (AvgIpc) is 2.33. The molecule has 0 heterocycles. The van der Waals surface area contributed by atoms with Crippen LogP contribution >= 0.6 is 15.9 Å². The number of Topliss-reactive ketones (excluding diaryl/α,β-unsaturated/α-hetero) is 1. The highest BCUT2D eigenvalue weighted by molar-refractivity contribution is 9.10.